The maximum atomic E-state index is 13.8. The second-order valence-corrected chi connectivity index (χ2v) is 8.55. The number of pyridine rings is 1. The van der Waals surface area contributed by atoms with E-state index in [1.807, 2.05) is 60.7 Å². The predicted octanol–water partition coefficient (Wildman–Crippen LogP) is 5.65. The number of benzene rings is 3. The number of anilines is 2. The maximum Gasteiger partial charge on any atom is 0.200 e. The molecule has 1 aliphatic heterocycles. The van der Waals surface area contributed by atoms with Gasteiger partial charge in [-0.1, -0.05) is 60.7 Å². The van der Waals surface area contributed by atoms with Crippen molar-refractivity contribution in [3.05, 3.63) is 137 Å². The fourth-order valence-corrected chi connectivity index (χ4v) is 4.17. The van der Waals surface area contributed by atoms with E-state index in [0.29, 0.717) is 23.5 Å². The zero-order valence-corrected chi connectivity index (χ0v) is 20.9. The van der Waals surface area contributed by atoms with Crippen LogP contribution < -0.4 is 16.0 Å². The fraction of sp³-hybridized carbons (Fsp3) is 0.100. The summed E-state index contributed by atoms with van der Waals surface area (Å²) in [7, 11) is 0. The molecular weight excluding hydrogens is 484 g/mol. The third-order valence-corrected chi connectivity index (χ3v) is 6.04. The molecule has 0 unspecified atom stereocenters. The molecule has 3 N–H and O–H groups in total. The van der Waals surface area contributed by atoms with Gasteiger partial charge >= 0.3 is 0 Å². The molecule has 3 aromatic carbocycles. The van der Waals surface area contributed by atoms with Gasteiger partial charge in [0.05, 0.1) is 11.4 Å². The van der Waals surface area contributed by atoms with Gasteiger partial charge < -0.3 is 16.0 Å². The van der Waals surface area contributed by atoms with Crippen LogP contribution in [-0.2, 0) is 13.0 Å². The van der Waals surface area contributed by atoms with Crippen LogP contribution in [0.2, 0.25) is 0 Å². The Balaban J connectivity index is 0.00000320. The number of hydrogen-bond acceptors (Lipinski definition) is 6. The summed E-state index contributed by atoms with van der Waals surface area (Å²) in [6.07, 6.45) is 4.47. The molecule has 0 spiro atoms. The van der Waals surface area contributed by atoms with E-state index in [4.69, 9.17) is 0 Å². The molecule has 7 heteroatoms. The van der Waals surface area contributed by atoms with Crippen LogP contribution >= 0.6 is 12.4 Å². The number of nitrogens with one attached hydrogen (secondary N) is 3. The quantitative estimate of drug-likeness (QED) is 0.0887. The summed E-state index contributed by atoms with van der Waals surface area (Å²) in [6.45, 7) is 1.42. The highest BCUT2D eigenvalue weighted by Gasteiger charge is 2.29. The lowest BCUT2D eigenvalue weighted by Crippen LogP contribution is -2.21. The van der Waals surface area contributed by atoms with Crippen molar-refractivity contribution in [1.29, 1.82) is 0 Å². The first kappa shape index (κ1) is 25.8. The van der Waals surface area contributed by atoms with Crippen LogP contribution in [0.4, 0.5) is 11.4 Å². The Hall–Kier alpha value is -4.26. The van der Waals surface area contributed by atoms with Gasteiger partial charge in [0.2, 0.25) is 11.6 Å². The summed E-state index contributed by atoms with van der Waals surface area (Å²) >= 11 is 0. The van der Waals surface area contributed by atoms with Crippen LogP contribution in [0.1, 0.15) is 31.8 Å². The Morgan fingerprint density at radius 3 is 2.03 bits per heavy atom. The summed E-state index contributed by atoms with van der Waals surface area (Å²) in [5, 5.41) is 9.86. The number of fused-ring (bicyclic) bond motifs is 1. The first-order valence-electron chi connectivity index (χ1n) is 11.9. The number of para-hydroxylation sites is 2. The molecule has 0 aliphatic carbocycles. The number of Topliss-reactive ketones (excluding diaryl/α,β-unsaturated/α-hetero) is 2. The van der Waals surface area contributed by atoms with Crippen LogP contribution in [-0.4, -0.2) is 23.1 Å². The van der Waals surface area contributed by atoms with Gasteiger partial charge in [0.15, 0.2) is 0 Å². The van der Waals surface area contributed by atoms with Crippen molar-refractivity contribution in [2.45, 2.75) is 13.0 Å². The van der Waals surface area contributed by atoms with E-state index >= 15 is 0 Å². The summed E-state index contributed by atoms with van der Waals surface area (Å²) in [5.41, 5.74) is 4.85. The largest absolute Gasteiger partial charge is 0.339 e. The van der Waals surface area contributed by atoms with Crippen molar-refractivity contribution in [2.24, 2.45) is 0 Å². The van der Waals surface area contributed by atoms with E-state index in [-0.39, 0.29) is 29.5 Å². The van der Waals surface area contributed by atoms with Gasteiger partial charge in [0.25, 0.3) is 0 Å². The number of aromatic nitrogens is 1. The molecule has 1 aliphatic rings. The van der Waals surface area contributed by atoms with E-state index < -0.39 is 0 Å². The molecule has 37 heavy (non-hydrogen) atoms. The Bertz CT molecular complexity index is 1390. The van der Waals surface area contributed by atoms with Crippen molar-refractivity contribution < 1.29 is 9.59 Å². The molecule has 0 fully saturated rings. The zero-order valence-electron chi connectivity index (χ0n) is 20.1. The van der Waals surface area contributed by atoms with Crippen LogP contribution in [0.25, 0.3) is 0 Å². The van der Waals surface area contributed by atoms with E-state index in [0.717, 1.165) is 29.9 Å². The summed E-state index contributed by atoms with van der Waals surface area (Å²) < 4.78 is 0. The van der Waals surface area contributed by atoms with Crippen molar-refractivity contribution in [1.82, 2.24) is 10.3 Å². The van der Waals surface area contributed by atoms with E-state index in [2.05, 4.69) is 20.9 Å². The summed E-state index contributed by atoms with van der Waals surface area (Å²) in [5.74, 6) is -0.259. The third kappa shape index (κ3) is 6.12. The molecular formula is C30H27ClN4O2. The monoisotopic (exact) mass is 510 g/mol. The van der Waals surface area contributed by atoms with Gasteiger partial charge in [-0.25, -0.2) is 0 Å². The van der Waals surface area contributed by atoms with Crippen LogP contribution in [0, 0.1) is 0 Å². The average Bonchev–Trinajstić information content (AvgIpc) is 3.36. The van der Waals surface area contributed by atoms with Gasteiger partial charge in [-0.2, -0.15) is 0 Å². The highest BCUT2D eigenvalue weighted by molar-refractivity contribution is 6.32. The van der Waals surface area contributed by atoms with Crippen molar-refractivity contribution in [3.8, 4) is 0 Å². The molecule has 0 saturated carbocycles. The first-order chi connectivity index (χ1) is 17.7. The molecule has 0 bridgehead atoms. The van der Waals surface area contributed by atoms with Crippen LogP contribution in [0.15, 0.2) is 115 Å². The van der Waals surface area contributed by atoms with Gasteiger partial charge in [0.1, 0.15) is 11.4 Å². The average molecular weight is 511 g/mol. The Labute approximate surface area is 222 Å². The van der Waals surface area contributed by atoms with E-state index in [9.17, 15) is 9.59 Å². The van der Waals surface area contributed by atoms with Crippen LogP contribution in [0.5, 0.6) is 0 Å². The zero-order chi connectivity index (χ0) is 24.7. The summed E-state index contributed by atoms with van der Waals surface area (Å²) in [6, 6.07) is 27.9. The molecule has 1 aromatic heterocycles. The maximum absolute atomic E-state index is 13.8. The van der Waals surface area contributed by atoms with Gasteiger partial charge in [0, 0.05) is 30.1 Å². The molecule has 0 atom stereocenters. The number of allylic oxidation sites excluding steroid dienone is 1. The van der Waals surface area contributed by atoms with Crippen molar-refractivity contribution in [3.63, 3.8) is 0 Å². The van der Waals surface area contributed by atoms with Crippen molar-refractivity contribution >= 4 is 35.3 Å². The smallest absolute Gasteiger partial charge is 0.200 e. The minimum Gasteiger partial charge on any atom is -0.339 e. The lowest BCUT2D eigenvalue weighted by Gasteiger charge is -2.12. The van der Waals surface area contributed by atoms with Gasteiger partial charge in [-0.15, -0.1) is 12.4 Å². The minimum atomic E-state index is -0.329. The number of halogens is 1. The number of nitrogens with zero attached hydrogens (tertiary/aromatic N) is 1. The highest BCUT2D eigenvalue weighted by Crippen LogP contribution is 2.32. The van der Waals surface area contributed by atoms with Gasteiger partial charge in [-0.05, 0) is 54.4 Å². The number of carbonyl (C=O) groups excluding carboxylic acids is 2. The second kappa shape index (κ2) is 12.1. The fourth-order valence-electron chi connectivity index (χ4n) is 4.17. The SMILES string of the molecule is Cl.O=C(C(C(=O)c1cccc(CNCCc2ccncc2)c1)=C1Nc2ccccc2N1)c1ccccc1. The number of ketones is 2. The molecule has 4 aromatic rings. The molecule has 0 saturated heterocycles. The molecule has 186 valence electrons. The summed E-state index contributed by atoms with van der Waals surface area (Å²) in [4.78, 5) is 31.4. The molecule has 6 nitrogen and oxygen atoms in total. The number of rotatable bonds is 9. The standard InChI is InChI=1S/C30H26N4O2.ClH/c35-28(23-8-2-1-3-9-23)27(30-33-25-11-4-5-12-26(25)34-30)29(36)24-10-6-7-22(19-24)20-32-18-15-21-13-16-31-17-14-21;/h1-14,16-17,19,32-34H,15,18,20H2;1H. The minimum absolute atomic E-state index is 0. The second-order valence-electron chi connectivity index (χ2n) is 8.55. The Kier molecular flexibility index (Phi) is 8.46. The lowest BCUT2D eigenvalue weighted by atomic mass is 9.94. The van der Waals surface area contributed by atoms with E-state index in [1.165, 1.54) is 5.56 Å². The van der Waals surface area contributed by atoms with Crippen LogP contribution in [0.3, 0.4) is 0 Å². The predicted molar refractivity (Wildman–Crippen MR) is 149 cm³/mol. The van der Waals surface area contributed by atoms with E-state index in [1.54, 1.807) is 42.7 Å². The Morgan fingerprint density at radius 1 is 0.703 bits per heavy atom. The molecule has 2 heterocycles. The topological polar surface area (TPSA) is 83.1 Å². The Morgan fingerprint density at radius 2 is 1.32 bits per heavy atom. The number of carbonyl (C=O) groups is 2. The number of hydrogen-bond donors (Lipinski definition) is 3. The normalized spacial score (nSPS) is 11.5. The highest BCUT2D eigenvalue weighted by atomic mass is 35.5. The van der Waals surface area contributed by atoms with Gasteiger partial charge in [-0.3, -0.25) is 14.6 Å². The molecule has 0 amide bonds. The molecule has 0 radical (unpaired) electrons. The third-order valence-electron chi connectivity index (χ3n) is 6.04. The van der Waals surface area contributed by atoms with Crippen molar-refractivity contribution in [2.75, 3.05) is 17.2 Å². The first-order valence-corrected chi connectivity index (χ1v) is 11.9. The lowest BCUT2D eigenvalue weighted by molar-refractivity contribution is 0.0961. The molecule has 5 rings (SSSR count).